The Morgan fingerprint density at radius 2 is 1.67 bits per heavy atom. The van der Waals surface area contributed by atoms with Gasteiger partial charge in [-0.1, -0.05) is 11.6 Å². The Labute approximate surface area is 161 Å². The van der Waals surface area contributed by atoms with Gasteiger partial charge in [0.2, 0.25) is 0 Å². The molecule has 0 fully saturated rings. The van der Waals surface area contributed by atoms with E-state index in [-0.39, 0.29) is 29.4 Å². The van der Waals surface area contributed by atoms with Crippen LogP contribution >= 0.6 is 11.6 Å². The number of carboxylic acids is 1. The van der Waals surface area contributed by atoms with E-state index in [0.717, 1.165) is 0 Å². The Kier molecular flexibility index (Phi) is 8.16. The lowest BCUT2D eigenvalue weighted by Crippen LogP contribution is -2.09. The molecule has 2 aromatic rings. The maximum atomic E-state index is 10.4. The van der Waals surface area contributed by atoms with E-state index in [1.165, 1.54) is 12.1 Å². The minimum atomic E-state index is -3.93. The summed E-state index contributed by atoms with van der Waals surface area (Å²) in [7, 11) is -3.93. The number of anilines is 3. The van der Waals surface area contributed by atoms with E-state index in [1.807, 2.05) is 0 Å². The molecule has 0 aliphatic heterocycles. The first-order valence-electron chi connectivity index (χ1n) is 7.51. The van der Waals surface area contributed by atoms with Gasteiger partial charge < -0.3 is 27.0 Å². The molecular formula is C16H20ClN3O6S. The highest BCUT2D eigenvalue weighted by atomic mass is 35.5. The van der Waals surface area contributed by atoms with E-state index < -0.39 is 16.1 Å². The molecule has 148 valence electrons. The second kappa shape index (κ2) is 9.86. The highest BCUT2D eigenvalue weighted by Crippen LogP contribution is 2.23. The lowest BCUT2D eigenvalue weighted by molar-refractivity contribution is 0.0697. The number of nitrogen functional groups attached to an aromatic ring is 3. The third-order valence-electron chi connectivity index (χ3n) is 3.06. The smallest absolute Gasteiger partial charge is 0.337 e. The first-order valence-corrected chi connectivity index (χ1v) is 9.49. The summed E-state index contributed by atoms with van der Waals surface area (Å²) in [4.78, 5) is 10.4. The molecule has 0 saturated heterocycles. The van der Waals surface area contributed by atoms with E-state index in [0.29, 0.717) is 22.8 Å². The Balaban J connectivity index is 0.000000289. The normalized spacial score (nSPS) is 10.6. The summed E-state index contributed by atoms with van der Waals surface area (Å²) in [6, 6.07) is 9.14. The predicted octanol–water partition coefficient (Wildman–Crippen LogP) is 2.13. The molecule has 0 atom stereocenters. The molecule has 0 radical (unpaired) electrons. The van der Waals surface area contributed by atoms with Gasteiger partial charge in [0.25, 0.3) is 10.1 Å². The molecule has 0 saturated carbocycles. The predicted molar refractivity (Wildman–Crippen MR) is 105 cm³/mol. The quantitative estimate of drug-likeness (QED) is 0.267. The van der Waals surface area contributed by atoms with E-state index in [1.54, 1.807) is 24.3 Å². The molecular weight excluding hydrogens is 398 g/mol. The van der Waals surface area contributed by atoms with Crippen LogP contribution in [0.25, 0.3) is 0 Å². The van der Waals surface area contributed by atoms with Crippen LogP contribution in [0.1, 0.15) is 16.8 Å². The summed E-state index contributed by atoms with van der Waals surface area (Å²) in [5.41, 5.74) is 17.9. The molecule has 0 heterocycles. The van der Waals surface area contributed by atoms with Crippen LogP contribution < -0.4 is 21.9 Å². The van der Waals surface area contributed by atoms with Gasteiger partial charge in [0.1, 0.15) is 5.75 Å². The molecule has 0 bridgehead atoms. The minimum Gasteiger partial charge on any atom is -0.491 e. The molecule has 8 N–H and O–H groups in total. The monoisotopic (exact) mass is 417 g/mol. The van der Waals surface area contributed by atoms with E-state index in [4.69, 9.17) is 43.2 Å². The van der Waals surface area contributed by atoms with Crippen LogP contribution in [0, 0.1) is 0 Å². The van der Waals surface area contributed by atoms with Gasteiger partial charge in [-0.05, 0) is 36.8 Å². The Morgan fingerprint density at radius 3 is 2.22 bits per heavy atom. The summed E-state index contributed by atoms with van der Waals surface area (Å²) in [6.45, 7) is 0.146. The maximum absolute atomic E-state index is 10.4. The zero-order valence-corrected chi connectivity index (χ0v) is 15.7. The highest BCUT2D eigenvalue weighted by molar-refractivity contribution is 7.85. The number of ether oxygens (including phenoxy) is 1. The topological polar surface area (TPSA) is 179 Å². The van der Waals surface area contributed by atoms with Gasteiger partial charge in [0, 0.05) is 17.4 Å². The van der Waals surface area contributed by atoms with Crippen molar-refractivity contribution in [2.75, 3.05) is 29.6 Å². The van der Waals surface area contributed by atoms with Crippen molar-refractivity contribution in [2.45, 2.75) is 6.42 Å². The minimum absolute atomic E-state index is 0.0340. The van der Waals surface area contributed by atoms with E-state index in [9.17, 15) is 13.2 Å². The van der Waals surface area contributed by atoms with Gasteiger partial charge in [-0.3, -0.25) is 4.55 Å². The SMILES string of the molecule is Nc1ccc(Cl)c(C(=O)O)c1.Nc1ccc(N)c(OCCCS(=O)(=O)O)c1. The van der Waals surface area contributed by atoms with Crippen LogP contribution in [0.3, 0.4) is 0 Å². The molecule has 0 unspecified atom stereocenters. The first kappa shape index (κ1) is 22.4. The van der Waals surface area contributed by atoms with Crippen molar-refractivity contribution >= 4 is 44.8 Å². The third-order valence-corrected chi connectivity index (χ3v) is 4.20. The van der Waals surface area contributed by atoms with Crippen molar-refractivity contribution in [1.29, 1.82) is 0 Å². The van der Waals surface area contributed by atoms with Crippen molar-refractivity contribution in [3.8, 4) is 5.75 Å². The van der Waals surface area contributed by atoms with E-state index in [2.05, 4.69) is 0 Å². The molecule has 11 heteroatoms. The molecule has 2 aromatic carbocycles. The van der Waals surface area contributed by atoms with E-state index >= 15 is 0 Å². The summed E-state index contributed by atoms with van der Waals surface area (Å²) in [5, 5.41) is 8.75. The average molecular weight is 418 g/mol. The second-order valence-corrected chi connectivity index (χ2v) is 7.31. The number of benzene rings is 2. The number of carboxylic acid groups (broad SMARTS) is 1. The summed E-state index contributed by atoms with van der Waals surface area (Å²) < 4.78 is 34.6. The Morgan fingerprint density at radius 1 is 1.07 bits per heavy atom. The largest absolute Gasteiger partial charge is 0.491 e. The van der Waals surface area contributed by atoms with Gasteiger partial charge in [-0.15, -0.1) is 0 Å². The van der Waals surface area contributed by atoms with Crippen LogP contribution in [-0.2, 0) is 10.1 Å². The fourth-order valence-electron chi connectivity index (χ4n) is 1.81. The molecule has 0 aliphatic carbocycles. The zero-order valence-electron chi connectivity index (χ0n) is 14.1. The van der Waals surface area contributed by atoms with Gasteiger partial charge in [0.05, 0.1) is 28.6 Å². The molecule has 0 aliphatic rings. The van der Waals surface area contributed by atoms with Crippen molar-refractivity contribution in [2.24, 2.45) is 0 Å². The number of aromatic carboxylic acids is 1. The van der Waals surface area contributed by atoms with Crippen LogP contribution in [0.2, 0.25) is 5.02 Å². The summed E-state index contributed by atoms with van der Waals surface area (Å²) in [5.74, 6) is -0.993. The van der Waals surface area contributed by atoms with Crippen LogP contribution in [-0.4, -0.2) is 36.4 Å². The van der Waals surface area contributed by atoms with Gasteiger partial charge in [-0.25, -0.2) is 4.79 Å². The number of carbonyl (C=O) groups is 1. The molecule has 0 spiro atoms. The van der Waals surface area contributed by atoms with Crippen LogP contribution in [0.5, 0.6) is 5.75 Å². The lowest BCUT2D eigenvalue weighted by Gasteiger charge is -2.08. The zero-order chi connectivity index (χ0) is 20.6. The summed E-state index contributed by atoms with van der Waals surface area (Å²) in [6.07, 6.45) is 0.188. The van der Waals surface area contributed by atoms with Gasteiger partial charge >= 0.3 is 5.97 Å². The average Bonchev–Trinajstić information content (AvgIpc) is 2.56. The Bertz CT molecular complexity index is 905. The number of nitrogens with two attached hydrogens (primary N) is 3. The van der Waals surface area contributed by atoms with Crippen molar-refractivity contribution in [1.82, 2.24) is 0 Å². The van der Waals surface area contributed by atoms with Crippen LogP contribution in [0.4, 0.5) is 17.1 Å². The molecule has 0 aromatic heterocycles. The van der Waals surface area contributed by atoms with Crippen LogP contribution in [0.15, 0.2) is 36.4 Å². The van der Waals surface area contributed by atoms with Crippen molar-refractivity contribution in [3.63, 3.8) is 0 Å². The number of rotatable bonds is 6. The maximum Gasteiger partial charge on any atom is 0.337 e. The van der Waals surface area contributed by atoms with Crippen molar-refractivity contribution in [3.05, 3.63) is 47.0 Å². The first-order chi connectivity index (χ1) is 12.5. The highest BCUT2D eigenvalue weighted by Gasteiger charge is 2.07. The molecule has 27 heavy (non-hydrogen) atoms. The Hall–Kier alpha value is -2.69. The number of hydrogen-bond acceptors (Lipinski definition) is 7. The number of hydrogen-bond donors (Lipinski definition) is 5. The molecule has 9 nitrogen and oxygen atoms in total. The standard InChI is InChI=1S/C9H14N2O4S.C7H6ClNO2/c10-7-2-3-8(11)9(6-7)15-4-1-5-16(12,13)14;8-6-2-1-4(9)3-5(6)7(10)11/h2-3,6H,1,4-5,10-11H2,(H,12,13,14);1-3H,9H2,(H,10,11). The molecule has 0 amide bonds. The second-order valence-electron chi connectivity index (χ2n) is 5.33. The number of halogens is 1. The van der Waals surface area contributed by atoms with Crippen molar-refractivity contribution < 1.29 is 27.6 Å². The summed E-state index contributed by atoms with van der Waals surface area (Å²) >= 11 is 5.55. The van der Waals surface area contributed by atoms with Gasteiger partial charge in [-0.2, -0.15) is 8.42 Å². The van der Waals surface area contributed by atoms with Gasteiger partial charge in [0.15, 0.2) is 0 Å². The lowest BCUT2D eigenvalue weighted by atomic mass is 10.2. The third kappa shape index (κ3) is 8.49. The fraction of sp³-hybridized carbons (Fsp3) is 0.188. The molecule has 2 rings (SSSR count). The fourth-order valence-corrected chi connectivity index (χ4v) is 2.49.